The molecule has 0 unspecified atom stereocenters. The van der Waals surface area contributed by atoms with Crippen molar-refractivity contribution < 1.29 is 9.90 Å². The standard InChI is InChI=1S/C24H18N2O2/c27-18-14-12-17(13-15-18)23-25-21-10-4-3-9-20(21)24(28)26(23)22-11-5-7-16-6-1-2-8-19(16)22/h1-15,23,25,27H/t23-/m0/s1. The molecule has 0 saturated carbocycles. The second-order valence-corrected chi connectivity index (χ2v) is 6.86. The number of para-hydroxylation sites is 1. The van der Waals surface area contributed by atoms with Crippen LogP contribution in [0.3, 0.4) is 0 Å². The summed E-state index contributed by atoms with van der Waals surface area (Å²) in [5.41, 5.74) is 3.20. The van der Waals surface area contributed by atoms with Crippen molar-refractivity contribution in [2.45, 2.75) is 6.17 Å². The van der Waals surface area contributed by atoms with E-state index >= 15 is 0 Å². The average Bonchev–Trinajstić information content (AvgIpc) is 2.74. The lowest BCUT2D eigenvalue weighted by Gasteiger charge is -2.38. The minimum atomic E-state index is -0.381. The first-order valence-corrected chi connectivity index (χ1v) is 9.18. The number of hydrogen-bond acceptors (Lipinski definition) is 3. The summed E-state index contributed by atoms with van der Waals surface area (Å²) in [4.78, 5) is 15.4. The molecule has 0 radical (unpaired) electrons. The van der Waals surface area contributed by atoms with E-state index in [0.717, 1.165) is 27.7 Å². The molecule has 0 fully saturated rings. The van der Waals surface area contributed by atoms with E-state index in [1.54, 1.807) is 17.0 Å². The Balaban J connectivity index is 1.74. The number of anilines is 2. The van der Waals surface area contributed by atoms with Gasteiger partial charge in [-0.3, -0.25) is 9.69 Å². The molecule has 4 aromatic rings. The van der Waals surface area contributed by atoms with Crippen LogP contribution in [0.15, 0.2) is 91.0 Å². The van der Waals surface area contributed by atoms with Crippen LogP contribution in [0, 0.1) is 0 Å². The molecule has 0 bridgehead atoms. The molecule has 1 amide bonds. The van der Waals surface area contributed by atoms with Gasteiger partial charge < -0.3 is 10.4 Å². The van der Waals surface area contributed by atoms with E-state index in [0.29, 0.717) is 5.56 Å². The van der Waals surface area contributed by atoms with Gasteiger partial charge in [0.1, 0.15) is 11.9 Å². The highest BCUT2D eigenvalue weighted by molar-refractivity contribution is 6.15. The molecule has 0 spiro atoms. The van der Waals surface area contributed by atoms with Crippen molar-refractivity contribution in [1.82, 2.24) is 0 Å². The summed E-state index contributed by atoms with van der Waals surface area (Å²) in [6.45, 7) is 0. The largest absolute Gasteiger partial charge is 0.508 e. The summed E-state index contributed by atoms with van der Waals surface area (Å²) in [6, 6.07) is 28.6. The average molecular weight is 366 g/mol. The maximum Gasteiger partial charge on any atom is 0.262 e. The van der Waals surface area contributed by atoms with Crippen LogP contribution >= 0.6 is 0 Å². The van der Waals surface area contributed by atoms with Crippen molar-refractivity contribution in [3.05, 3.63) is 102 Å². The SMILES string of the molecule is O=C1c2ccccc2N[C@H](c2ccc(O)cc2)N1c1cccc2ccccc12. The molecule has 28 heavy (non-hydrogen) atoms. The van der Waals surface area contributed by atoms with Crippen LogP contribution in [0.1, 0.15) is 22.1 Å². The van der Waals surface area contributed by atoms with Crippen LogP contribution < -0.4 is 10.2 Å². The zero-order valence-corrected chi connectivity index (χ0v) is 15.0. The molecule has 1 aliphatic heterocycles. The Kier molecular flexibility index (Phi) is 3.76. The zero-order valence-electron chi connectivity index (χ0n) is 15.0. The highest BCUT2D eigenvalue weighted by Gasteiger charge is 2.34. The van der Waals surface area contributed by atoms with Crippen LogP contribution in [0.25, 0.3) is 10.8 Å². The summed E-state index contributed by atoms with van der Waals surface area (Å²) < 4.78 is 0. The van der Waals surface area contributed by atoms with Gasteiger partial charge in [-0.25, -0.2) is 0 Å². The summed E-state index contributed by atoms with van der Waals surface area (Å²) in [5, 5.41) is 15.3. The van der Waals surface area contributed by atoms with E-state index < -0.39 is 0 Å². The zero-order chi connectivity index (χ0) is 19.1. The smallest absolute Gasteiger partial charge is 0.262 e. The third kappa shape index (κ3) is 2.58. The van der Waals surface area contributed by atoms with Gasteiger partial charge in [0.15, 0.2) is 0 Å². The Morgan fingerprint density at radius 2 is 1.50 bits per heavy atom. The third-order valence-electron chi connectivity index (χ3n) is 5.16. The number of rotatable bonds is 2. The van der Waals surface area contributed by atoms with Crippen LogP contribution in [0.5, 0.6) is 5.75 Å². The minimum absolute atomic E-state index is 0.0521. The monoisotopic (exact) mass is 366 g/mol. The molecule has 4 nitrogen and oxygen atoms in total. The second kappa shape index (κ2) is 6.43. The number of aromatic hydroxyl groups is 1. The van der Waals surface area contributed by atoms with E-state index in [-0.39, 0.29) is 17.8 Å². The predicted octanol–water partition coefficient (Wildman–Crippen LogP) is 5.32. The fraction of sp³-hybridized carbons (Fsp3) is 0.0417. The van der Waals surface area contributed by atoms with E-state index in [9.17, 15) is 9.90 Å². The van der Waals surface area contributed by atoms with Crippen molar-refractivity contribution in [2.24, 2.45) is 0 Å². The second-order valence-electron chi connectivity index (χ2n) is 6.86. The lowest BCUT2D eigenvalue weighted by Crippen LogP contribution is -2.43. The molecule has 4 heteroatoms. The minimum Gasteiger partial charge on any atom is -0.508 e. The van der Waals surface area contributed by atoms with E-state index in [1.165, 1.54) is 0 Å². The van der Waals surface area contributed by atoms with Gasteiger partial charge in [-0.15, -0.1) is 0 Å². The first kappa shape index (κ1) is 16.4. The van der Waals surface area contributed by atoms with E-state index in [4.69, 9.17) is 0 Å². The molecule has 0 aliphatic carbocycles. The molecular formula is C24H18N2O2. The number of phenolic OH excluding ortho intramolecular Hbond substituents is 1. The van der Waals surface area contributed by atoms with Gasteiger partial charge >= 0.3 is 0 Å². The highest BCUT2D eigenvalue weighted by Crippen LogP contribution is 2.39. The number of phenols is 1. The Bertz CT molecular complexity index is 1180. The van der Waals surface area contributed by atoms with Gasteiger partial charge in [0.25, 0.3) is 5.91 Å². The lowest BCUT2D eigenvalue weighted by atomic mass is 10.0. The number of nitrogens with one attached hydrogen (secondary N) is 1. The van der Waals surface area contributed by atoms with Gasteiger partial charge in [0.2, 0.25) is 0 Å². The molecule has 136 valence electrons. The molecule has 0 saturated heterocycles. The van der Waals surface area contributed by atoms with Crippen molar-refractivity contribution >= 4 is 28.1 Å². The van der Waals surface area contributed by atoms with Crippen molar-refractivity contribution in [2.75, 3.05) is 10.2 Å². The normalized spacial score (nSPS) is 15.9. The Hall–Kier alpha value is -3.79. The van der Waals surface area contributed by atoms with Gasteiger partial charge in [-0.1, -0.05) is 60.7 Å². The molecular weight excluding hydrogens is 348 g/mol. The van der Waals surface area contributed by atoms with Gasteiger partial charge in [-0.05, 0) is 41.3 Å². The van der Waals surface area contributed by atoms with Crippen LogP contribution in [0.2, 0.25) is 0 Å². The maximum atomic E-state index is 13.5. The summed E-state index contributed by atoms with van der Waals surface area (Å²) in [6.07, 6.45) is -0.381. The molecule has 1 atom stereocenters. The number of nitrogens with zero attached hydrogens (tertiary/aromatic N) is 1. The van der Waals surface area contributed by atoms with Gasteiger partial charge in [0.05, 0.1) is 11.3 Å². The first-order chi connectivity index (χ1) is 13.7. The number of carbonyl (C=O) groups excluding carboxylic acids is 1. The number of hydrogen-bond donors (Lipinski definition) is 2. The molecule has 1 heterocycles. The lowest BCUT2D eigenvalue weighted by molar-refractivity contribution is 0.0975. The number of fused-ring (bicyclic) bond motifs is 2. The fourth-order valence-electron chi connectivity index (χ4n) is 3.81. The molecule has 0 aromatic heterocycles. The van der Waals surface area contributed by atoms with Crippen molar-refractivity contribution in [3.63, 3.8) is 0 Å². The topological polar surface area (TPSA) is 52.6 Å². The molecule has 5 rings (SSSR count). The maximum absolute atomic E-state index is 13.5. The fourth-order valence-corrected chi connectivity index (χ4v) is 3.81. The van der Waals surface area contributed by atoms with Crippen molar-refractivity contribution in [3.8, 4) is 5.75 Å². The summed E-state index contributed by atoms with van der Waals surface area (Å²) >= 11 is 0. The van der Waals surface area contributed by atoms with E-state index in [2.05, 4.69) is 5.32 Å². The summed E-state index contributed by atoms with van der Waals surface area (Å²) in [7, 11) is 0. The molecule has 1 aliphatic rings. The Labute approximate surface area is 162 Å². The van der Waals surface area contributed by atoms with Crippen LogP contribution in [0.4, 0.5) is 11.4 Å². The highest BCUT2D eigenvalue weighted by atomic mass is 16.3. The van der Waals surface area contributed by atoms with E-state index in [1.807, 2.05) is 78.9 Å². The van der Waals surface area contributed by atoms with Gasteiger partial charge in [-0.2, -0.15) is 0 Å². The molecule has 2 N–H and O–H groups in total. The summed E-state index contributed by atoms with van der Waals surface area (Å²) in [5.74, 6) is 0.145. The predicted molar refractivity (Wildman–Crippen MR) is 112 cm³/mol. The number of amides is 1. The first-order valence-electron chi connectivity index (χ1n) is 9.18. The van der Waals surface area contributed by atoms with Gasteiger partial charge in [0, 0.05) is 11.1 Å². The van der Waals surface area contributed by atoms with Crippen LogP contribution in [-0.2, 0) is 0 Å². The number of carbonyl (C=O) groups is 1. The quantitative estimate of drug-likeness (QED) is 0.505. The Morgan fingerprint density at radius 3 is 2.36 bits per heavy atom. The number of benzene rings is 4. The molecule has 4 aromatic carbocycles. The Morgan fingerprint density at radius 1 is 0.786 bits per heavy atom. The third-order valence-corrected chi connectivity index (χ3v) is 5.16. The van der Waals surface area contributed by atoms with Crippen molar-refractivity contribution in [1.29, 1.82) is 0 Å². The van der Waals surface area contributed by atoms with Crippen LogP contribution in [-0.4, -0.2) is 11.0 Å².